The summed E-state index contributed by atoms with van der Waals surface area (Å²) in [6.07, 6.45) is 0. The second-order valence-electron chi connectivity index (χ2n) is 6.55. The minimum atomic E-state index is -0.281. The predicted molar refractivity (Wildman–Crippen MR) is 117 cm³/mol. The van der Waals surface area contributed by atoms with Crippen molar-refractivity contribution in [2.24, 2.45) is 5.10 Å². The number of carbonyl (C=O) groups excluding carboxylic acids is 2. The van der Waals surface area contributed by atoms with Gasteiger partial charge >= 0.3 is 0 Å². The van der Waals surface area contributed by atoms with Gasteiger partial charge in [0, 0.05) is 21.8 Å². The minimum absolute atomic E-state index is 0.235. The summed E-state index contributed by atoms with van der Waals surface area (Å²) in [4.78, 5) is 24.6. The Morgan fingerprint density at radius 2 is 1.45 bits per heavy atom. The number of carbonyl (C=O) groups is 2. The molecule has 0 saturated heterocycles. The van der Waals surface area contributed by atoms with Gasteiger partial charge in [-0.2, -0.15) is 5.10 Å². The average molecular weight is 406 g/mol. The number of amides is 2. The highest BCUT2D eigenvalue weighted by Gasteiger charge is 2.08. The van der Waals surface area contributed by atoms with Crippen LogP contribution in [0.15, 0.2) is 77.9 Å². The number of benzene rings is 3. The van der Waals surface area contributed by atoms with Crippen LogP contribution >= 0.6 is 11.6 Å². The van der Waals surface area contributed by atoms with Crippen molar-refractivity contribution in [2.45, 2.75) is 13.8 Å². The summed E-state index contributed by atoms with van der Waals surface area (Å²) in [5.74, 6) is -0.516. The third-order valence-electron chi connectivity index (χ3n) is 4.28. The summed E-state index contributed by atoms with van der Waals surface area (Å²) in [5, 5.41) is 7.59. The van der Waals surface area contributed by atoms with E-state index in [-0.39, 0.29) is 11.8 Å². The molecule has 3 rings (SSSR count). The van der Waals surface area contributed by atoms with Crippen molar-refractivity contribution >= 4 is 34.8 Å². The van der Waals surface area contributed by atoms with Gasteiger partial charge in [-0.25, -0.2) is 5.43 Å². The Balaban J connectivity index is 1.68. The molecule has 0 aliphatic carbocycles. The molecule has 0 spiro atoms. The predicted octanol–water partition coefficient (Wildman–Crippen LogP) is 5.05. The van der Waals surface area contributed by atoms with Crippen molar-refractivity contribution in [1.82, 2.24) is 5.43 Å². The van der Waals surface area contributed by atoms with E-state index in [0.717, 1.165) is 11.1 Å². The van der Waals surface area contributed by atoms with Gasteiger partial charge in [-0.3, -0.25) is 9.59 Å². The number of aryl methyl sites for hydroxylation is 1. The molecule has 0 saturated carbocycles. The number of nitrogens with one attached hydrogen (secondary N) is 2. The number of nitrogens with zero attached hydrogens (tertiary/aromatic N) is 1. The molecular weight excluding hydrogens is 386 g/mol. The Bertz CT molecular complexity index is 1060. The maximum absolute atomic E-state index is 12.4. The van der Waals surface area contributed by atoms with E-state index in [1.165, 1.54) is 0 Å². The monoisotopic (exact) mass is 405 g/mol. The van der Waals surface area contributed by atoms with Gasteiger partial charge in [0.25, 0.3) is 11.8 Å². The summed E-state index contributed by atoms with van der Waals surface area (Å²) in [5.41, 5.74) is 6.71. The van der Waals surface area contributed by atoms with Crippen molar-refractivity contribution < 1.29 is 9.59 Å². The van der Waals surface area contributed by atoms with Crippen LogP contribution in [0.1, 0.15) is 38.8 Å². The Morgan fingerprint density at radius 3 is 2.14 bits per heavy atom. The molecule has 5 nitrogen and oxygen atoms in total. The molecule has 3 aromatic rings. The van der Waals surface area contributed by atoms with Crippen LogP contribution in [0.5, 0.6) is 0 Å². The highest BCUT2D eigenvalue weighted by atomic mass is 35.5. The Morgan fingerprint density at radius 1 is 0.828 bits per heavy atom. The second kappa shape index (κ2) is 9.17. The molecule has 0 bridgehead atoms. The summed E-state index contributed by atoms with van der Waals surface area (Å²) in [6.45, 7) is 3.75. The molecular formula is C23H20ClN3O2. The molecule has 3 aromatic carbocycles. The van der Waals surface area contributed by atoms with Gasteiger partial charge in [0.05, 0.1) is 5.71 Å². The van der Waals surface area contributed by atoms with E-state index in [9.17, 15) is 9.59 Å². The van der Waals surface area contributed by atoms with Crippen molar-refractivity contribution in [3.05, 3.63) is 100 Å². The zero-order valence-corrected chi connectivity index (χ0v) is 16.8. The molecule has 2 N–H and O–H groups in total. The summed E-state index contributed by atoms with van der Waals surface area (Å²) in [7, 11) is 0. The minimum Gasteiger partial charge on any atom is -0.322 e. The number of rotatable bonds is 5. The lowest BCUT2D eigenvalue weighted by molar-refractivity contribution is 0.0954. The number of anilines is 1. The van der Waals surface area contributed by atoms with Crippen LogP contribution in [0, 0.1) is 6.92 Å². The number of hydrogen-bond acceptors (Lipinski definition) is 3. The van der Waals surface area contributed by atoms with Crippen molar-refractivity contribution in [3.63, 3.8) is 0 Å². The normalized spacial score (nSPS) is 11.1. The van der Waals surface area contributed by atoms with Gasteiger partial charge in [-0.15, -0.1) is 0 Å². The van der Waals surface area contributed by atoms with E-state index in [2.05, 4.69) is 15.8 Å². The third-order valence-corrected chi connectivity index (χ3v) is 4.54. The highest BCUT2D eigenvalue weighted by molar-refractivity contribution is 6.30. The summed E-state index contributed by atoms with van der Waals surface area (Å²) >= 11 is 5.86. The van der Waals surface area contributed by atoms with E-state index >= 15 is 0 Å². The molecule has 0 aromatic heterocycles. The van der Waals surface area contributed by atoms with Crippen molar-refractivity contribution in [2.75, 3.05) is 5.32 Å². The number of hydrazone groups is 1. The zero-order chi connectivity index (χ0) is 20.8. The van der Waals surface area contributed by atoms with Gasteiger partial charge in [0.15, 0.2) is 0 Å². The first-order valence-electron chi connectivity index (χ1n) is 9.01. The van der Waals surface area contributed by atoms with E-state index in [1.54, 1.807) is 55.5 Å². The van der Waals surface area contributed by atoms with Crippen LogP contribution in [0.4, 0.5) is 5.69 Å². The molecule has 146 valence electrons. The molecule has 0 atom stereocenters. The van der Waals surface area contributed by atoms with Gasteiger partial charge < -0.3 is 5.32 Å². The van der Waals surface area contributed by atoms with Gasteiger partial charge in [-0.05, 0) is 67.9 Å². The standard InChI is InChI=1S/C23H20ClN3O2/c1-15-6-8-18(9-7-15)23(29)27-26-16(2)19-4-3-5-21(14-19)25-22(28)17-10-12-20(24)13-11-17/h3-14H,1-2H3,(H,25,28)(H,27,29). The fraction of sp³-hybridized carbons (Fsp3) is 0.0870. The average Bonchev–Trinajstić information content (AvgIpc) is 2.73. The number of hydrogen-bond donors (Lipinski definition) is 2. The maximum atomic E-state index is 12.4. The van der Waals surface area contributed by atoms with E-state index in [0.29, 0.717) is 27.5 Å². The SMILES string of the molecule is CC(=NNC(=O)c1ccc(C)cc1)c1cccc(NC(=O)c2ccc(Cl)cc2)c1. The molecule has 29 heavy (non-hydrogen) atoms. The molecule has 2 amide bonds. The van der Waals surface area contributed by atoms with E-state index in [4.69, 9.17) is 11.6 Å². The van der Waals surface area contributed by atoms with Gasteiger partial charge in [0.2, 0.25) is 0 Å². The van der Waals surface area contributed by atoms with Crippen molar-refractivity contribution in [1.29, 1.82) is 0 Å². The molecule has 0 fully saturated rings. The lowest BCUT2D eigenvalue weighted by Gasteiger charge is -2.08. The summed E-state index contributed by atoms with van der Waals surface area (Å²) < 4.78 is 0. The smallest absolute Gasteiger partial charge is 0.271 e. The maximum Gasteiger partial charge on any atom is 0.271 e. The zero-order valence-electron chi connectivity index (χ0n) is 16.1. The first-order chi connectivity index (χ1) is 13.9. The Kier molecular flexibility index (Phi) is 6.42. The molecule has 0 radical (unpaired) electrons. The number of halogens is 1. The summed E-state index contributed by atoms with van der Waals surface area (Å²) in [6, 6.07) is 21.2. The fourth-order valence-electron chi connectivity index (χ4n) is 2.60. The third kappa shape index (κ3) is 5.53. The molecule has 0 unspecified atom stereocenters. The van der Waals surface area contributed by atoms with Gasteiger partial charge in [0.1, 0.15) is 0 Å². The first-order valence-corrected chi connectivity index (χ1v) is 9.39. The highest BCUT2D eigenvalue weighted by Crippen LogP contribution is 2.15. The molecule has 0 aliphatic rings. The second-order valence-corrected chi connectivity index (χ2v) is 6.98. The van der Waals surface area contributed by atoms with E-state index in [1.807, 2.05) is 31.2 Å². The van der Waals surface area contributed by atoms with Crippen LogP contribution in [0.3, 0.4) is 0 Å². The van der Waals surface area contributed by atoms with Crippen LogP contribution in [0.2, 0.25) is 5.02 Å². The topological polar surface area (TPSA) is 70.6 Å². The quantitative estimate of drug-likeness (QED) is 0.460. The first kappa shape index (κ1) is 20.3. The fourth-order valence-corrected chi connectivity index (χ4v) is 2.72. The van der Waals surface area contributed by atoms with Crippen LogP contribution in [-0.4, -0.2) is 17.5 Å². The molecule has 0 aliphatic heterocycles. The van der Waals surface area contributed by atoms with Crippen LogP contribution < -0.4 is 10.7 Å². The van der Waals surface area contributed by atoms with Crippen LogP contribution in [0.25, 0.3) is 0 Å². The van der Waals surface area contributed by atoms with E-state index < -0.39 is 0 Å². The molecule has 0 heterocycles. The Labute approximate surface area is 174 Å². The van der Waals surface area contributed by atoms with Crippen LogP contribution in [-0.2, 0) is 0 Å². The van der Waals surface area contributed by atoms with Gasteiger partial charge in [-0.1, -0.05) is 41.4 Å². The lowest BCUT2D eigenvalue weighted by Crippen LogP contribution is -2.19. The Hall–Kier alpha value is -3.44. The largest absolute Gasteiger partial charge is 0.322 e. The van der Waals surface area contributed by atoms with Crippen molar-refractivity contribution in [3.8, 4) is 0 Å². The lowest BCUT2D eigenvalue weighted by atomic mass is 10.1. The molecule has 6 heteroatoms.